The number of likely N-dealkylation sites (tertiary alicyclic amines) is 1. The van der Waals surface area contributed by atoms with E-state index in [4.69, 9.17) is 0 Å². The first-order valence-electron chi connectivity index (χ1n) is 9.89. The van der Waals surface area contributed by atoms with E-state index in [1.807, 2.05) is 0 Å². The van der Waals surface area contributed by atoms with Gasteiger partial charge in [-0.3, -0.25) is 9.59 Å². The standard InChI is InChI=1S/C22H22F3NO5S/c1-12(2)10-21(20(30)31)11-15(19(28)29)17(16-7-4-8-32-16)26(21)18(27)13-5-3-6-14(9-13)22(23,24)25/h3-9,12,15,17H,10-11H2,1-2H3,(H,28,29)(H,30,31)/t15-,17+,21-/m0/s1. The maximum Gasteiger partial charge on any atom is 0.416 e. The number of nitrogens with zero attached hydrogens (tertiary/aromatic N) is 1. The van der Waals surface area contributed by atoms with Crippen LogP contribution in [0.1, 0.15) is 53.5 Å². The predicted molar refractivity (Wildman–Crippen MR) is 110 cm³/mol. The lowest BCUT2D eigenvalue weighted by Crippen LogP contribution is -2.54. The molecule has 2 N–H and O–H groups in total. The molecule has 1 fully saturated rings. The van der Waals surface area contributed by atoms with Gasteiger partial charge in [-0.1, -0.05) is 26.0 Å². The third kappa shape index (κ3) is 4.23. The average molecular weight is 469 g/mol. The molecule has 1 aromatic carbocycles. The Hall–Kier alpha value is -2.88. The number of thiophene rings is 1. The van der Waals surface area contributed by atoms with Crippen LogP contribution in [0.4, 0.5) is 13.2 Å². The smallest absolute Gasteiger partial charge is 0.416 e. The summed E-state index contributed by atoms with van der Waals surface area (Å²) in [4.78, 5) is 39.7. The van der Waals surface area contributed by atoms with E-state index in [-0.39, 0.29) is 24.3 Å². The minimum Gasteiger partial charge on any atom is -0.481 e. The Labute approximate surface area is 186 Å². The Bertz CT molecular complexity index is 1020. The molecule has 32 heavy (non-hydrogen) atoms. The Balaban J connectivity index is 2.22. The summed E-state index contributed by atoms with van der Waals surface area (Å²) in [5.41, 5.74) is -3.27. The Morgan fingerprint density at radius 2 is 1.88 bits per heavy atom. The van der Waals surface area contributed by atoms with Crippen molar-refractivity contribution in [1.29, 1.82) is 0 Å². The molecule has 3 atom stereocenters. The second-order valence-corrected chi connectivity index (χ2v) is 9.28. The summed E-state index contributed by atoms with van der Waals surface area (Å²) in [5.74, 6) is -5.03. The van der Waals surface area contributed by atoms with Crippen LogP contribution < -0.4 is 0 Å². The monoisotopic (exact) mass is 469 g/mol. The molecular weight excluding hydrogens is 447 g/mol. The molecule has 1 aromatic heterocycles. The third-order valence-corrected chi connectivity index (χ3v) is 6.57. The van der Waals surface area contributed by atoms with Gasteiger partial charge in [0.1, 0.15) is 5.54 Å². The van der Waals surface area contributed by atoms with Crippen molar-refractivity contribution in [2.75, 3.05) is 0 Å². The van der Waals surface area contributed by atoms with Gasteiger partial charge in [-0.05, 0) is 48.4 Å². The lowest BCUT2D eigenvalue weighted by atomic mass is 9.83. The number of carbonyl (C=O) groups is 3. The third-order valence-electron chi connectivity index (χ3n) is 5.63. The minimum atomic E-state index is -4.69. The predicted octanol–water partition coefficient (Wildman–Crippen LogP) is 4.92. The van der Waals surface area contributed by atoms with Crippen LogP contribution in [-0.4, -0.2) is 38.5 Å². The lowest BCUT2D eigenvalue weighted by molar-refractivity contribution is -0.150. The summed E-state index contributed by atoms with van der Waals surface area (Å²) < 4.78 is 39.7. The number of halogens is 3. The van der Waals surface area contributed by atoms with Crippen LogP contribution in [0.2, 0.25) is 0 Å². The molecule has 1 aliphatic heterocycles. The topological polar surface area (TPSA) is 94.9 Å². The van der Waals surface area contributed by atoms with Crippen molar-refractivity contribution in [2.24, 2.45) is 11.8 Å². The lowest BCUT2D eigenvalue weighted by Gasteiger charge is -2.39. The van der Waals surface area contributed by atoms with Crippen molar-refractivity contribution in [3.63, 3.8) is 0 Å². The summed E-state index contributed by atoms with van der Waals surface area (Å²) in [6.45, 7) is 3.48. The zero-order chi connectivity index (χ0) is 23.8. The van der Waals surface area contributed by atoms with Gasteiger partial charge in [-0.15, -0.1) is 11.3 Å². The maximum absolute atomic E-state index is 13.6. The number of carbonyl (C=O) groups excluding carboxylic acids is 1. The molecule has 2 heterocycles. The molecule has 1 amide bonds. The molecule has 6 nitrogen and oxygen atoms in total. The van der Waals surface area contributed by atoms with Gasteiger partial charge in [0.05, 0.1) is 17.5 Å². The fourth-order valence-electron chi connectivity index (χ4n) is 4.45. The summed E-state index contributed by atoms with van der Waals surface area (Å²) in [6.07, 6.45) is -5.08. The molecular formula is C22H22F3NO5S. The molecule has 0 spiro atoms. The van der Waals surface area contributed by atoms with Gasteiger partial charge in [0.2, 0.25) is 0 Å². The molecule has 2 aromatic rings. The van der Waals surface area contributed by atoms with Crippen LogP contribution in [-0.2, 0) is 15.8 Å². The molecule has 0 aliphatic carbocycles. The SMILES string of the molecule is CC(C)C[C@@]1(C(=O)O)C[C@H](C(=O)O)[C@H](c2cccs2)N1C(=O)c1cccc(C(F)(F)F)c1. The quantitative estimate of drug-likeness (QED) is 0.626. The van der Waals surface area contributed by atoms with Gasteiger partial charge in [-0.25, -0.2) is 4.79 Å². The molecule has 3 rings (SSSR count). The van der Waals surface area contributed by atoms with E-state index >= 15 is 0 Å². The Morgan fingerprint density at radius 3 is 2.38 bits per heavy atom. The van der Waals surface area contributed by atoms with Crippen LogP contribution >= 0.6 is 11.3 Å². The normalized spacial score (nSPS) is 23.5. The van der Waals surface area contributed by atoms with E-state index < -0.39 is 47.1 Å². The Morgan fingerprint density at radius 1 is 1.19 bits per heavy atom. The van der Waals surface area contributed by atoms with Gasteiger partial charge in [0, 0.05) is 10.4 Å². The van der Waals surface area contributed by atoms with E-state index in [9.17, 15) is 37.8 Å². The van der Waals surface area contributed by atoms with Crippen LogP contribution in [0.15, 0.2) is 41.8 Å². The van der Waals surface area contributed by atoms with Gasteiger partial charge in [0.25, 0.3) is 5.91 Å². The van der Waals surface area contributed by atoms with Crippen LogP contribution in [0, 0.1) is 11.8 Å². The van der Waals surface area contributed by atoms with E-state index in [0.29, 0.717) is 10.9 Å². The number of hydrogen-bond acceptors (Lipinski definition) is 4. The largest absolute Gasteiger partial charge is 0.481 e. The average Bonchev–Trinajstić information content (AvgIpc) is 3.33. The number of amides is 1. The first-order valence-corrected chi connectivity index (χ1v) is 10.8. The highest BCUT2D eigenvalue weighted by molar-refractivity contribution is 7.10. The summed E-state index contributed by atoms with van der Waals surface area (Å²) >= 11 is 1.17. The highest BCUT2D eigenvalue weighted by Gasteiger charge is 2.61. The van der Waals surface area contributed by atoms with Crippen molar-refractivity contribution in [3.8, 4) is 0 Å². The first-order chi connectivity index (χ1) is 14.9. The molecule has 0 saturated carbocycles. The van der Waals surface area contributed by atoms with Crippen LogP contribution in [0.3, 0.4) is 0 Å². The summed E-state index contributed by atoms with van der Waals surface area (Å²) in [7, 11) is 0. The number of aliphatic carboxylic acids is 2. The fraction of sp³-hybridized carbons (Fsp3) is 0.409. The number of carboxylic acids is 2. The highest BCUT2D eigenvalue weighted by atomic mass is 32.1. The zero-order valence-corrected chi connectivity index (χ0v) is 18.1. The molecule has 1 saturated heterocycles. The number of alkyl halides is 3. The van der Waals surface area contributed by atoms with Gasteiger partial charge in [0.15, 0.2) is 0 Å². The van der Waals surface area contributed by atoms with Crippen LogP contribution in [0.25, 0.3) is 0 Å². The van der Waals surface area contributed by atoms with Crippen LogP contribution in [0.5, 0.6) is 0 Å². The number of benzene rings is 1. The molecule has 10 heteroatoms. The van der Waals surface area contributed by atoms with E-state index in [2.05, 4.69) is 0 Å². The molecule has 0 bridgehead atoms. The maximum atomic E-state index is 13.6. The molecule has 172 valence electrons. The molecule has 0 radical (unpaired) electrons. The number of hydrogen-bond donors (Lipinski definition) is 2. The van der Waals surface area contributed by atoms with Crippen molar-refractivity contribution in [3.05, 3.63) is 57.8 Å². The molecule has 1 aliphatic rings. The summed E-state index contributed by atoms with van der Waals surface area (Å²) in [5, 5.41) is 21.8. The summed E-state index contributed by atoms with van der Waals surface area (Å²) in [6, 6.07) is 5.87. The first kappa shape index (κ1) is 23.8. The van der Waals surface area contributed by atoms with Gasteiger partial charge < -0.3 is 15.1 Å². The van der Waals surface area contributed by atoms with Crippen molar-refractivity contribution >= 4 is 29.2 Å². The second-order valence-electron chi connectivity index (χ2n) is 8.30. The van der Waals surface area contributed by atoms with E-state index in [1.165, 1.54) is 17.4 Å². The van der Waals surface area contributed by atoms with Crippen molar-refractivity contribution in [1.82, 2.24) is 4.90 Å². The highest BCUT2D eigenvalue weighted by Crippen LogP contribution is 2.51. The zero-order valence-electron chi connectivity index (χ0n) is 17.3. The number of rotatable bonds is 6. The second kappa shape index (κ2) is 8.57. The van der Waals surface area contributed by atoms with Gasteiger partial charge >= 0.3 is 18.1 Å². The number of carboxylic acid groups (broad SMARTS) is 2. The van der Waals surface area contributed by atoms with Crippen molar-refractivity contribution in [2.45, 2.75) is 44.4 Å². The van der Waals surface area contributed by atoms with E-state index in [1.54, 1.807) is 31.4 Å². The van der Waals surface area contributed by atoms with E-state index in [0.717, 1.165) is 17.0 Å². The molecule has 0 unspecified atom stereocenters. The Kier molecular flexibility index (Phi) is 6.37. The fourth-order valence-corrected chi connectivity index (χ4v) is 5.33. The van der Waals surface area contributed by atoms with Crippen molar-refractivity contribution < 1.29 is 37.8 Å². The minimum absolute atomic E-state index is 0.0430. The van der Waals surface area contributed by atoms with Gasteiger partial charge in [-0.2, -0.15) is 13.2 Å².